The van der Waals surface area contributed by atoms with Gasteiger partial charge in [0.25, 0.3) is 0 Å². The van der Waals surface area contributed by atoms with Crippen LogP contribution in [0.4, 0.5) is 31.0 Å². The summed E-state index contributed by atoms with van der Waals surface area (Å²) >= 11 is 5.99. The van der Waals surface area contributed by atoms with Gasteiger partial charge in [-0.15, -0.1) is 0 Å². The first-order valence-electron chi connectivity index (χ1n) is 10.2. The summed E-state index contributed by atoms with van der Waals surface area (Å²) < 4.78 is 18.5. The summed E-state index contributed by atoms with van der Waals surface area (Å²) in [6.07, 6.45) is 0.469. The molecule has 0 aliphatic carbocycles. The Balaban J connectivity index is 1.56. The minimum Gasteiger partial charge on any atom is -0.497 e. The first-order valence-corrected chi connectivity index (χ1v) is 10.6. The van der Waals surface area contributed by atoms with E-state index in [2.05, 4.69) is 16.0 Å². The van der Waals surface area contributed by atoms with Crippen LogP contribution in [0.3, 0.4) is 0 Å². The first-order chi connectivity index (χ1) is 15.9. The lowest BCUT2D eigenvalue weighted by Crippen LogP contribution is -2.38. The van der Waals surface area contributed by atoms with Crippen LogP contribution in [0, 0.1) is 5.82 Å². The van der Waals surface area contributed by atoms with Gasteiger partial charge in [-0.1, -0.05) is 17.7 Å². The molecular formula is C24H24ClFN4O3. The second-order valence-electron chi connectivity index (χ2n) is 7.03. The van der Waals surface area contributed by atoms with Gasteiger partial charge in [-0.2, -0.15) is 0 Å². The van der Waals surface area contributed by atoms with E-state index in [9.17, 15) is 14.0 Å². The van der Waals surface area contributed by atoms with Crippen LogP contribution in [0.5, 0.6) is 5.75 Å². The Hall–Kier alpha value is -3.78. The molecule has 3 N–H and O–H groups in total. The maximum Gasteiger partial charge on any atom is 0.326 e. The van der Waals surface area contributed by atoms with Crippen molar-refractivity contribution < 1.29 is 18.7 Å². The SMILES string of the molecule is COc1ccc(NC(=O)NCCCN(C(=O)Nc2cccc(Cl)c2)c2ccc(F)cc2)cc1. The van der Waals surface area contributed by atoms with Gasteiger partial charge in [-0.3, -0.25) is 4.90 Å². The highest BCUT2D eigenvalue weighted by Gasteiger charge is 2.16. The van der Waals surface area contributed by atoms with E-state index in [4.69, 9.17) is 16.3 Å². The molecule has 0 heterocycles. The number of hydrogen-bond donors (Lipinski definition) is 3. The highest BCUT2D eigenvalue weighted by atomic mass is 35.5. The molecule has 3 aromatic rings. The largest absolute Gasteiger partial charge is 0.497 e. The standard InChI is InChI=1S/C24H24ClFN4O3/c1-33-22-12-8-19(9-13-22)28-23(31)27-14-3-15-30(21-10-6-18(26)7-11-21)24(32)29-20-5-2-4-17(25)16-20/h2,4-13,16H,3,14-15H2,1H3,(H,29,32)(H2,27,28,31). The summed E-state index contributed by atoms with van der Waals surface area (Å²) in [7, 11) is 1.57. The molecule has 0 unspecified atom stereocenters. The molecule has 9 heteroatoms. The van der Waals surface area contributed by atoms with Crippen molar-refractivity contribution in [2.75, 3.05) is 35.7 Å². The van der Waals surface area contributed by atoms with Crippen LogP contribution in [-0.4, -0.2) is 32.3 Å². The van der Waals surface area contributed by atoms with Gasteiger partial charge < -0.3 is 20.7 Å². The van der Waals surface area contributed by atoms with Crippen LogP contribution >= 0.6 is 11.6 Å². The van der Waals surface area contributed by atoms with Crippen LogP contribution in [0.25, 0.3) is 0 Å². The molecule has 0 bridgehead atoms. The molecule has 0 aromatic heterocycles. The molecule has 3 rings (SSSR count). The second-order valence-corrected chi connectivity index (χ2v) is 7.47. The van der Waals surface area contributed by atoms with Crippen molar-refractivity contribution in [1.29, 1.82) is 0 Å². The Morgan fingerprint density at radius 3 is 2.36 bits per heavy atom. The summed E-state index contributed by atoms with van der Waals surface area (Å²) in [4.78, 5) is 26.5. The third-order valence-corrected chi connectivity index (χ3v) is 4.89. The molecule has 0 saturated carbocycles. The van der Waals surface area contributed by atoms with Gasteiger partial charge in [0.15, 0.2) is 0 Å². The second kappa shape index (κ2) is 11.7. The molecule has 0 radical (unpaired) electrons. The molecule has 0 fully saturated rings. The predicted octanol–water partition coefficient (Wildman–Crippen LogP) is 5.74. The molecule has 4 amide bonds. The quantitative estimate of drug-likeness (QED) is 0.367. The number of hydrogen-bond acceptors (Lipinski definition) is 3. The first kappa shape index (κ1) is 23.9. The zero-order valence-electron chi connectivity index (χ0n) is 18.0. The number of benzene rings is 3. The Morgan fingerprint density at radius 1 is 0.970 bits per heavy atom. The minimum atomic E-state index is -0.397. The van der Waals surface area contributed by atoms with Crippen molar-refractivity contribution in [2.24, 2.45) is 0 Å². The summed E-state index contributed by atoms with van der Waals surface area (Å²) in [6.45, 7) is 0.616. The maximum atomic E-state index is 13.4. The lowest BCUT2D eigenvalue weighted by molar-refractivity contribution is 0.252. The number of halogens is 2. The van der Waals surface area contributed by atoms with Gasteiger partial charge in [0, 0.05) is 35.2 Å². The van der Waals surface area contributed by atoms with Crippen LogP contribution in [0.1, 0.15) is 6.42 Å². The van der Waals surface area contributed by atoms with E-state index in [0.29, 0.717) is 47.3 Å². The number of rotatable bonds is 8. The number of urea groups is 2. The van der Waals surface area contributed by atoms with E-state index in [1.54, 1.807) is 55.6 Å². The van der Waals surface area contributed by atoms with Crippen LogP contribution < -0.4 is 25.6 Å². The lowest BCUT2D eigenvalue weighted by Gasteiger charge is -2.23. The Bertz CT molecular complexity index is 1080. The van der Waals surface area contributed by atoms with Crippen LogP contribution in [0.2, 0.25) is 5.02 Å². The van der Waals surface area contributed by atoms with Gasteiger partial charge in [0.2, 0.25) is 0 Å². The highest BCUT2D eigenvalue weighted by molar-refractivity contribution is 6.30. The Kier molecular flexibility index (Phi) is 8.49. The van der Waals surface area contributed by atoms with E-state index in [0.717, 1.165) is 0 Å². The average molecular weight is 471 g/mol. The lowest BCUT2D eigenvalue weighted by atomic mass is 10.2. The molecule has 0 saturated heterocycles. The van der Waals surface area contributed by atoms with E-state index in [-0.39, 0.29) is 6.03 Å². The highest BCUT2D eigenvalue weighted by Crippen LogP contribution is 2.19. The van der Waals surface area contributed by atoms with Gasteiger partial charge >= 0.3 is 12.1 Å². The fourth-order valence-corrected chi connectivity index (χ4v) is 3.21. The number of methoxy groups -OCH3 is 1. The minimum absolute atomic E-state index is 0.293. The van der Waals surface area contributed by atoms with Crippen molar-refractivity contribution in [3.63, 3.8) is 0 Å². The number of nitrogens with one attached hydrogen (secondary N) is 3. The van der Waals surface area contributed by atoms with Crippen molar-refractivity contribution in [2.45, 2.75) is 6.42 Å². The summed E-state index contributed by atoms with van der Waals surface area (Å²) in [5.74, 6) is 0.295. The molecular weight excluding hydrogens is 447 g/mol. The van der Waals surface area contributed by atoms with Crippen molar-refractivity contribution in [3.05, 3.63) is 83.6 Å². The maximum absolute atomic E-state index is 13.4. The van der Waals surface area contributed by atoms with Crippen molar-refractivity contribution in [1.82, 2.24) is 5.32 Å². The van der Waals surface area contributed by atoms with Gasteiger partial charge in [-0.25, -0.2) is 14.0 Å². The molecule has 3 aromatic carbocycles. The third-order valence-electron chi connectivity index (χ3n) is 4.65. The zero-order chi connectivity index (χ0) is 23.6. The topological polar surface area (TPSA) is 82.7 Å². The number of ether oxygens (including phenoxy) is 1. The molecule has 0 atom stereocenters. The van der Waals surface area contributed by atoms with E-state index in [1.807, 2.05) is 0 Å². The number of amides is 4. The van der Waals surface area contributed by atoms with Gasteiger partial charge in [0.05, 0.1) is 7.11 Å². The van der Waals surface area contributed by atoms with E-state index < -0.39 is 11.8 Å². The number of carbonyl (C=O) groups excluding carboxylic acids is 2. The van der Waals surface area contributed by atoms with Gasteiger partial charge in [0.1, 0.15) is 11.6 Å². The fraction of sp³-hybridized carbons (Fsp3) is 0.167. The summed E-state index contributed by atoms with van der Waals surface area (Å²) in [5.41, 5.74) is 1.69. The molecule has 33 heavy (non-hydrogen) atoms. The molecule has 0 aliphatic heterocycles. The summed E-state index contributed by atoms with van der Waals surface area (Å²) in [5, 5.41) is 8.76. The Labute approximate surface area is 196 Å². The van der Waals surface area contributed by atoms with Crippen molar-refractivity contribution >= 4 is 40.7 Å². The average Bonchev–Trinajstić information content (AvgIpc) is 2.80. The zero-order valence-corrected chi connectivity index (χ0v) is 18.7. The van der Waals surface area contributed by atoms with Crippen molar-refractivity contribution in [3.8, 4) is 5.75 Å². The Morgan fingerprint density at radius 2 is 1.70 bits per heavy atom. The molecule has 0 aliphatic rings. The fourth-order valence-electron chi connectivity index (χ4n) is 3.01. The molecule has 172 valence electrons. The third kappa shape index (κ3) is 7.40. The number of anilines is 3. The summed E-state index contributed by atoms with van der Waals surface area (Å²) in [6, 6.07) is 18.6. The monoisotopic (exact) mass is 470 g/mol. The molecule has 0 spiro atoms. The predicted molar refractivity (Wildman–Crippen MR) is 129 cm³/mol. The molecule has 7 nitrogen and oxygen atoms in total. The number of nitrogens with zero attached hydrogens (tertiary/aromatic N) is 1. The number of carbonyl (C=O) groups is 2. The van der Waals surface area contributed by atoms with Gasteiger partial charge in [-0.05, 0) is 73.2 Å². The van der Waals surface area contributed by atoms with E-state index >= 15 is 0 Å². The normalized spacial score (nSPS) is 10.3. The van der Waals surface area contributed by atoms with Crippen LogP contribution in [0.15, 0.2) is 72.8 Å². The van der Waals surface area contributed by atoms with E-state index in [1.165, 1.54) is 29.2 Å². The smallest absolute Gasteiger partial charge is 0.326 e. The van der Waals surface area contributed by atoms with Crippen LogP contribution in [-0.2, 0) is 0 Å².